The highest BCUT2D eigenvalue weighted by Crippen LogP contribution is 2.30. The lowest BCUT2D eigenvalue weighted by Crippen LogP contribution is -2.23. The minimum Gasteiger partial charge on any atom is -0.366 e. The standard InChI is InChI=1S/C25H23N5O2S/c1-16-8-14-21(15-9-16)30-23(19-6-4-3-5-7-19)28-29-25(30)33-17(2)24(32)27-20-12-10-18(11-13-20)22(26)31/h3-15,17H,1-2H3,(H2,26,31)(H,27,32). The summed E-state index contributed by atoms with van der Waals surface area (Å²) in [5, 5.41) is 11.9. The number of carbonyl (C=O) groups is 2. The first kappa shape index (κ1) is 22.3. The zero-order valence-corrected chi connectivity index (χ0v) is 19.0. The number of nitrogens with zero attached hydrogens (tertiary/aromatic N) is 3. The van der Waals surface area contributed by atoms with Gasteiger partial charge < -0.3 is 11.1 Å². The van der Waals surface area contributed by atoms with E-state index in [1.54, 1.807) is 24.3 Å². The number of rotatable bonds is 7. The van der Waals surface area contributed by atoms with Crippen LogP contribution in [-0.2, 0) is 4.79 Å². The molecule has 3 aromatic carbocycles. The lowest BCUT2D eigenvalue weighted by atomic mass is 10.2. The van der Waals surface area contributed by atoms with Crippen LogP contribution in [0.25, 0.3) is 17.1 Å². The van der Waals surface area contributed by atoms with Gasteiger partial charge in [-0.25, -0.2) is 0 Å². The second-order valence-corrected chi connectivity index (χ2v) is 8.84. The van der Waals surface area contributed by atoms with Crippen molar-refractivity contribution in [2.24, 2.45) is 5.73 Å². The van der Waals surface area contributed by atoms with Crippen molar-refractivity contribution in [2.45, 2.75) is 24.3 Å². The van der Waals surface area contributed by atoms with E-state index in [0.717, 1.165) is 16.8 Å². The predicted molar refractivity (Wildman–Crippen MR) is 130 cm³/mol. The van der Waals surface area contributed by atoms with Crippen molar-refractivity contribution < 1.29 is 9.59 Å². The Morgan fingerprint density at radius 3 is 2.24 bits per heavy atom. The average molecular weight is 458 g/mol. The van der Waals surface area contributed by atoms with E-state index in [4.69, 9.17) is 5.73 Å². The van der Waals surface area contributed by atoms with Gasteiger partial charge >= 0.3 is 0 Å². The van der Waals surface area contributed by atoms with E-state index >= 15 is 0 Å². The third-order valence-electron chi connectivity index (χ3n) is 5.05. The molecular weight excluding hydrogens is 434 g/mol. The summed E-state index contributed by atoms with van der Waals surface area (Å²) in [5.41, 5.74) is 9.24. The van der Waals surface area contributed by atoms with Crippen molar-refractivity contribution in [3.63, 3.8) is 0 Å². The second kappa shape index (κ2) is 9.70. The smallest absolute Gasteiger partial charge is 0.248 e. The highest BCUT2D eigenvalue weighted by atomic mass is 32.2. The fourth-order valence-electron chi connectivity index (χ4n) is 3.22. The highest BCUT2D eigenvalue weighted by molar-refractivity contribution is 8.00. The molecule has 7 nitrogen and oxygen atoms in total. The SMILES string of the molecule is Cc1ccc(-n2c(SC(C)C(=O)Nc3ccc(C(N)=O)cc3)nnc2-c2ccccc2)cc1. The summed E-state index contributed by atoms with van der Waals surface area (Å²) in [6.07, 6.45) is 0. The predicted octanol–water partition coefficient (Wildman–Crippen LogP) is 4.46. The van der Waals surface area contributed by atoms with E-state index in [0.29, 0.717) is 22.2 Å². The molecule has 0 saturated carbocycles. The third kappa shape index (κ3) is 5.12. The number of aromatic nitrogens is 3. The minimum atomic E-state index is -0.513. The molecule has 8 heteroatoms. The van der Waals surface area contributed by atoms with Crippen LogP contribution in [0.1, 0.15) is 22.8 Å². The number of thioether (sulfide) groups is 1. The lowest BCUT2D eigenvalue weighted by molar-refractivity contribution is -0.115. The zero-order valence-electron chi connectivity index (χ0n) is 18.2. The van der Waals surface area contributed by atoms with Crippen LogP contribution in [0.4, 0.5) is 5.69 Å². The summed E-state index contributed by atoms with van der Waals surface area (Å²) < 4.78 is 1.96. The Bertz CT molecular complexity index is 1270. The number of carbonyl (C=O) groups excluding carboxylic acids is 2. The van der Waals surface area contributed by atoms with Crippen molar-refractivity contribution in [3.05, 3.63) is 90.0 Å². The molecule has 0 aliphatic rings. The summed E-state index contributed by atoms with van der Waals surface area (Å²) >= 11 is 1.32. The Morgan fingerprint density at radius 1 is 0.939 bits per heavy atom. The summed E-state index contributed by atoms with van der Waals surface area (Å²) in [7, 11) is 0. The molecule has 0 radical (unpaired) electrons. The minimum absolute atomic E-state index is 0.188. The summed E-state index contributed by atoms with van der Waals surface area (Å²) in [5.74, 6) is 0.00427. The normalized spacial score (nSPS) is 11.7. The van der Waals surface area contributed by atoms with Gasteiger partial charge in [0.2, 0.25) is 11.8 Å². The summed E-state index contributed by atoms with van der Waals surface area (Å²) in [6.45, 7) is 3.85. The number of amides is 2. The van der Waals surface area contributed by atoms with Crippen LogP contribution in [0.15, 0.2) is 84.0 Å². The summed E-state index contributed by atoms with van der Waals surface area (Å²) in [4.78, 5) is 24.1. The number of benzene rings is 3. The molecule has 0 bridgehead atoms. The van der Waals surface area contributed by atoms with Gasteiger partial charge in [-0.15, -0.1) is 10.2 Å². The zero-order chi connectivity index (χ0) is 23.4. The average Bonchev–Trinajstić information content (AvgIpc) is 3.24. The Hall–Kier alpha value is -3.91. The molecule has 2 amide bonds. The van der Waals surface area contributed by atoms with Crippen LogP contribution >= 0.6 is 11.8 Å². The fourth-order valence-corrected chi connectivity index (χ4v) is 4.09. The Morgan fingerprint density at radius 2 is 1.61 bits per heavy atom. The van der Waals surface area contributed by atoms with E-state index in [1.165, 1.54) is 11.8 Å². The molecule has 166 valence electrons. The third-order valence-corrected chi connectivity index (χ3v) is 6.09. The molecule has 0 aliphatic heterocycles. The monoisotopic (exact) mass is 457 g/mol. The van der Waals surface area contributed by atoms with E-state index in [9.17, 15) is 9.59 Å². The van der Waals surface area contributed by atoms with Crippen molar-refractivity contribution in [1.29, 1.82) is 0 Å². The Labute approximate surface area is 196 Å². The van der Waals surface area contributed by atoms with Gasteiger partial charge in [-0.2, -0.15) is 0 Å². The van der Waals surface area contributed by atoms with Crippen molar-refractivity contribution in [3.8, 4) is 17.1 Å². The topological polar surface area (TPSA) is 103 Å². The number of primary amides is 1. The van der Waals surface area contributed by atoms with Gasteiger partial charge in [-0.1, -0.05) is 59.8 Å². The van der Waals surface area contributed by atoms with E-state index in [-0.39, 0.29) is 5.91 Å². The number of nitrogens with one attached hydrogen (secondary N) is 1. The first-order valence-corrected chi connectivity index (χ1v) is 11.3. The number of nitrogens with two attached hydrogens (primary N) is 1. The van der Waals surface area contributed by atoms with Gasteiger partial charge in [0, 0.05) is 22.5 Å². The van der Waals surface area contributed by atoms with Crippen molar-refractivity contribution >= 4 is 29.3 Å². The lowest BCUT2D eigenvalue weighted by Gasteiger charge is -2.14. The Kier molecular flexibility index (Phi) is 6.55. The maximum Gasteiger partial charge on any atom is 0.248 e. The van der Waals surface area contributed by atoms with Crippen LogP contribution in [0.2, 0.25) is 0 Å². The van der Waals surface area contributed by atoms with Gasteiger partial charge in [0.15, 0.2) is 11.0 Å². The highest BCUT2D eigenvalue weighted by Gasteiger charge is 2.22. The quantitative estimate of drug-likeness (QED) is 0.399. The molecule has 0 aliphatic carbocycles. The van der Waals surface area contributed by atoms with Crippen molar-refractivity contribution in [1.82, 2.24) is 14.8 Å². The molecule has 4 rings (SSSR count). The van der Waals surface area contributed by atoms with Crippen LogP contribution in [0.5, 0.6) is 0 Å². The molecule has 0 fully saturated rings. The molecule has 1 heterocycles. The summed E-state index contributed by atoms with van der Waals surface area (Å²) in [6, 6.07) is 24.4. The maximum atomic E-state index is 12.8. The van der Waals surface area contributed by atoms with Gasteiger partial charge in [-0.05, 0) is 50.2 Å². The molecule has 0 saturated heterocycles. The molecule has 3 N–H and O–H groups in total. The van der Waals surface area contributed by atoms with Gasteiger partial charge in [0.25, 0.3) is 0 Å². The molecule has 4 aromatic rings. The maximum absolute atomic E-state index is 12.8. The molecule has 1 unspecified atom stereocenters. The van der Waals surface area contributed by atoms with Crippen LogP contribution in [0, 0.1) is 6.92 Å². The largest absolute Gasteiger partial charge is 0.366 e. The van der Waals surface area contributed by atoms with E-state index < -0.39 is 11.2 Å². The first-order valence-electron chi connectivity index (χ1n) is 10.4. The van der Waals surface area contributed by atoms with Gasteiger partial charge in [0.05, 0.1) is 5.25 Å². The number of hydrogen-bond donors (Lipinski definition) is 2. The fraction of sp³-hybridized carbons (Fsp3) is 0.120. The van der Waals surface area contributed by atoms with Crippen molar-refractivity contribution in [2.75, 3.05) is 5.32 Å². The molecular formula is C25H23N5O2S. The van der Waals surface area contributed by atoms with E-state index in [1.807, 2.05) is 73.0 Å². The van der Waals surface area contributed by atoms with Gasteiger partial charge in [0.1, 0.15) is 0 Å². The molecule has 1 atom stereocenters. The van der Waals surface area contributed by atoms with Crippen LogP contribution in [-0.4, -0.2) is 31.8 Å². The molecule has 33 heavy (non-hydrogen) atoms. The van der Waals surface area contributed by atoms with E-state index in [2.05, 4.69) is 15.5 Å². The second-order valence-electron chi connectivity index (χ2n) is 7.53. The molecule has 1 aromatic heterocycles. The Balaban J connectivity index is 1.59. The van der Waals surface area contributed by atoms with Crippen LogP contribution < -0.4 is 11.1 Å². The first-order chi connectivity index (χ1) is 15.9. The number of anilines is 1. The number of hydrogen-bond acceptors (Lipinski definition) is 5. The number of aryl methyl sites for hydroxylation is 1. The van der Waals surface area contributed by atoms with Crippen LogP contribution in [0.3, 0.4) is 0 Å². The molecule has 0 spiro atoms. The van der Waals surface area contributed by atoms with Gasteiger partial charge in [-0.3, -0.25) is 14.2 Å².